The second kappa shape index (κ2) is 7.99. The minimum Gasteiger partial charge on any atom is -0.471 e. The van der Waals surface area contributed by atoms with Crippen molar-refractivity contribution in [2.24, 2.45) is 11.7 Å². The summed E-state index contributed by atoms with van der Waals surface area (Å²) in [4.78, 5) is 17.8. The van der Waals surface area contributed by atoms with E-state index in [1.165, 1.54) is 18.3 Å². The number of hydrogen-bond acceptors (Lipinski definition) is 4. The van der Waals surface area contributed by atoms with Crippen molar-refractivity contribution < 1.29 is 27.1 Å². The Balaban J connectivity index is 1.90. The van der Waals surface area contributed by atoms with Gasteiger partial charge in [-0.05, 0) is 31.7 Å². The van der Waals surface area contributed by atoms with Crippen molar-refractivity contribution in [2.45, 2.75) is 38.2 Å². The van der Waals surface area contributed by atoms with E-state index in [0.29, 0.717) is 19.0 Å². The summed E-state index contributed by atoms with van der Waals surface area (Å²) in [5, 5.41) is 0. The van der Waals surface area contributed by atoms with Gasteiger partial charge in [0.25, 0.3) is 5.91 Å². The molecule has 0 bridgehead atoms. The molecular weight excluding hydrogens is 342 g/mol. The lowest BCUT2D eigenvalue weighted by Crippen LogP contribution is -2.42. The zero-order chi connectivity index (χ0) is 18.6. The zero-order valence-corrected chi connectivity index (χ0v) is 13.8. The van der Waals surface area contributed by atoms with Gasteiger partial charge in [-0.3, -0.25) is 4.79 Å². The first-order chi connectivity index (χ1) is 11.7. The van der Waals surface area contributed by atoms with Gasteiger partial charge in [0.1, 0.15) is 0 Å². The molecule has 0 aromatic carbocycles. The molecular formula is C16H21F4N3O2. The smallest absolute Gasteiger partial charge is 0.340 e. The van der Waals surface area contributed by atoms with Gasteiger partial charge in [0, 0.05) is 31.4 Å². The minimum atomic E-state index is -4.25. The molecule has 25 heavy (non-hydrogen) atoms. The number of carbonyl (C=O) groups is 1. The molecule has 2 rings (SSSR count). The van der Waals surface area contributed by atoms with Crippen LogP contribution in [0.3, 0.4) is 0 Å². The Morgan fingerprint density at radius 3 is 2.52 bits per heavy atom. The lowest BCUT2D eigenvalue weighted by atomic mass is 9.91. The van der Waals surface area contributed by atoms with Crippen molar-refractivity contribution in [3.63, 3.8) is 0 Å². The first kappa shape index (κ1) is 19.4. The Morgan fingerprint density at radius 1 is 1.40 bits per heavy atom. The van der Waals surface area contributed by atoms with Crippen molar-refractivity contribution in [2.75, 3.05) is 19.7 Å². The number of nitrogens with two attached hydrogens (primary N) is 1. The fraction of sp³-hybridized carbons (Fsp3) is 0.625. The van der Waals surface area contributed by atoms with E-state index in [4.69, 9.17) is 5.73 Å². The zero-order valence-electron chi connectivity index (χ0n) is 13.8. The van der Waals surface area contributed by atoms with Crippen LogP contribution in [-0.2, 0) is 0 Å². The third-order valence-electron chi connectivity index (χ3n) is 4.29. The molecule has 9 heteroatoms. The van der Waals surface area contributed by atoms with Gasteiger partial charge in [-0.15, -0.1) is 0 Å². The van der Waals surface area contributed by atoms with Gasteiger partial charge < -0.3 is 15.4 Å². The van der Waals surface area contributed by atoms with E-state index in [0.717, 1.165) is 12.8 Å². The van der Waals surface area contributed by atoms with Gasteiger partial charge in [-0.25, -0.2) is 13.8 Å². The molecule has 1 saturated heterocycles. The largest absolute Gasteiger partial charge is 0.471 e. The predicted molar refractivity (Wildman–Crippen MR) is 83.0 cm³/mol. The average Bonchev–Trinajstić information content (AvgIpc) is 2.60. The number of hydrogen-bond donors (Lipinski definition) is 1. The first-order valence-corrected chi connectivity index (χ1v) is 8.00. The SMILES string of the molecule is CC(N)C1CCN(C(=O)c2ccc(OCC(F)(F)C(F)F)nc2)CC1. The number of alkyl halides is 4. The summed E-state index contributed by atoms with van der Waals surface area (Å²) < 4.78 is 54.3. The normalized spacial score (nSPS) is 17.6. The summed E-state index contributed by atoms with van der Waals surface area (Å²) in [6.07, 6.45) is -0.982. The Bertz CT molecular complexity index is 573. The fourth-order valence-corrected chi connectivity index (χ4v) is 2.64. The number of pyridine rings is 1. The molecule has 1 aliphatic rings. The maximum atomic E-state index is 12.8. The molecule has 2 heterocycles. The summed E-state index contributed by atoms with van der Waals surface area (Å²) in [7, 11) is 0. The average molecular weight is 363 g/mol. The summed E-state index contributed by atoms with van der Waals surface area (Å²) in [6.45, 7) is 1.64. The van der Waals surface area contributed by atoms with Crippen LogP contribution in [0.5, 0.6) is 5.88 Å². The molecule has 2 N–H and O–H groups in total. The molecule has 1 aromatic rings. The molecule has 140 valence electrons. The quantitative estimate of drug-likeness (QED) is 0.789. The van der Waals surface area contributed by atoms with Gasteiger partial charge in [-0.1, -0.05) is 0 Å². The van der Waals surface area contributed by atoms with E-state index >= 15 is 0 Å². The highest BCUT2D eigenvalue weighted by Gasteiger charge is 2.41. The minimum absolute atomic E-state index is 0.0849. The summed E-state index contributed by atoms with van der Waals surface area (Å²) >= 11 is 0. The second-order valence-corrected chi connectivity index (χ2v) is 6.22. The molecule has 1 aliphatic heterocycles. The van der Waals surface area contributed by atoms with Crippen LogP contribution in [-0.4, -0.2) is 53.9 Å². The maximum Gasteiger partial charge on any atom is 0.340 e. The molecule has 1 fully saturated rings. The van der Waals surface area contributed by atoms with Gasteiger partial charge in [0.05, 0.1) is 5.56 Å². The molecule has 0 saturated carbocycles. The summed E-state index contributed by atoms with van der Waals surface area (Å²) in [6, 6.07) is 2.67. The van der Waals surface area contributed by atoms with Crippen LogP contribution in [0.4, 0.5) is 17.6 Å². The van der Waals surface area contributed by atoms with Crippen molar-refractivity contribution in [3.05, 3.63) is 23.9 Å². The lowest BCUT2D eigenvalue weighted by molar-refractivity contribution is -0.148. The lowest BCUT2D eigenvalue weighted by Gasteiger charge is -2.33. The van der Waals surface area contributed by atoms with Crippen LogP contribution >= 0.6 is 0 Å². The van der Waals surface area contributed by atoms with E-state index in [-0.39, 0.29) is 23.4 Å². The number of piperidine rings is 1. The summed E-state index contributed by atoms with van der Waals surface area (Å²) in [5.74, 6) is -4.33. The van der Waals surface area contributed by atoms with Crippen LogP contribution in [0.15, 0.2) is 18.3 Å². The highest BCUT2D eigenvalue weighted by atomic mass is 19.3. The van der Waals surface area contributed by atoms with E-state index < -0.39 is 19.0 Å². The van der Waals surface area contributed by atoms with Crippen LogP contribution < -0.4 is 10.5 Å². The monoisotopic (exact) mass is 363 g/mol. The molecule has 0 spiro atoms. The van der Waals surface area contributed by atoms with Crippen LogP contribution in [0.1, 0.15) is 30.1 Å². The van der Waals surface area contributed by atoms with Crippen LogP contribution in [0, 0.1) is 5.92 Å². The molecule has 0 radical (unpaired) electrons. The van der Waals surface area contributed by atoms with Crippen molar-refractivity contribution in [1.82, 2.24) is 9.88 Å². The Kier molecular flexibility index (Phi) is 6.21. The van der Waals surface area contributed by atoms with Gasteiger partial charge >= 0.3 is 12.3 Å². The third kappa shape index (κ3) is 5.04. The standard InChI is InChI=1S/C16H21F4N3O2/c1-10(21)11-4-6-23(7-5-11)14(24)12-2-3-13(22-8-12)25-9-16(19,20)15(17)18/h2-3,8,10-11,15H,4-7,9,21H2,1H3. The third-order valence-corrected chi connectivity index (χ3v) is 4.29. The van der Waals surface area contributed by atoms with E-state index in [1.54, 1.807) is 4.90 Å². The van der Waals surface area contributed by atoms with E-state index in [9.17, 15) is 22.4 Å². The number of amides is 1. The van der Waals surface area contributed by atoms with Crippen molar-refractivity contribution in [1.29, 1.82) is 0 Å². The molecule has 1 atom stereocenters. The van der Waals surface area contributed by atoms with E-state index in [2.05, 4.69) is 9.72 Å². The highest BCUT2D eigenvalue weighted by molar-refractivity contribution is 5.94. The van der Waals surface area contributed by atoms with Gasteiger partial charge in [0.15, 0.2) is 6.61 Å². The Labute approximate surface area is 143 Å². The molecule has 1 unspecified atom stereocenters. The number of rotatable bonds is 6. The van der Waals surface area contributed by atoms with Crippen molar-refractivity contribution in [3.8, 4) is 5.88 Å². The van der Waals surface area contributed by atoms with Crippen molar-refractivity contribution >= 4 is 5.91 Å². The Morgan fingerprint density at radius 2 is 2.04 bits per heavy atom. The molecule has 1 aromatic heterocycles. The fourth-order valence-electron chi connectivity index (χ4n) is 2.64. The maximum absolute atomic E-state index is 12.8. The van der Waals surface area contributed by atoms with Crippen LogP contribution in [0.25, 0.3) is 0 Å². The molecule has 1 amide bonds. The number of halogens is 4. The molecule has 0 aliphatic carbocycles. The number of nitrogens with zero attached hydrogens (tertiary/aromatic N) is 2. The second-order valence-electron chi connectivity index (χ2n) is 6.22. The number of likely N-dealkylation sites (tertiary alicyclic amines) is 1. The van der Waals surface area contributed by atoms with E-state index in [1.807, 2.05) is 6.92 Å². The number of aromatic nitrogens is 1. The van der Waals surface area contributed by atoms with Gasteiger partial charge in [-0.2, -0.15) is 8.78 Å². The number of carbonyl (C=O) groups excluding carboxylic acids is 1. The number of ether oxygens (including phenoxy) is 1. The summed E-state index contributed by atoms with van der Waals surface area (Å²) in [5.41, 5.74) is 6.15. The topological polar surface area (TPSA) is 68.5 Å². The highest BCUT2D eigenvalue weighted by Crippen LogP contribution is 2.24. The van der Waals surface area contributed by atoms with Gasteiger partial charge in [0.2, 0.25) is 5.88 Å². The Hall–Kier alpha value is -1.90. The molecule has 5 nitrogen and oxygen atoms in total. The predicted octanol–water partition coefficient (Wildman–Crippen LogP) is 2.56. The first-order valence-electron chi connectivity index (χ1n) is 8.00. The van der Waals surface area contributed by atoms with Crippen LogP contribution in [0.2, 0.25) is 0 Å².